The van der Waals surface area contributed by atoms with Crippen LogP contribution in [0.15, 0.2) is 12.1 Å². The molecule has 3 atom stereocenters. The predicted molar refractivity (Wildman–Crippen MR) is 81.2 cm³/mol. The molecule has 2 N–H and O–H groups in total. The van der Waals surface area contributed by atoms with E-state index in [9.17, 15) is 5.11 Å². The first-order chi connectivity index (χ1) is 8.75. The number of benzene rings is 1. The zero-order valence-corrected chi connectivity index (χ0v) is 13.4. The molecule has 106 valence electrons. The number of aliphatic hydroxyl groups excluding tert-OH is 1. The van der Waals surface area contributed by atoms with Gasteiger partial charge >= 0.3 is 0 Å². The van der Waals surface area contributed by atoms with Crippen LogP contribution >= 0.6 is 34.8 Å². The Balaban J connectivity index is 2.13. The van der Waals surface area contributed by atoms with Gasteiger partial charge in [0.1, 0.15) is 0 Å². The van der Waals surface area contributed by atoms with Crippen molar-refractivity contribution in [3.63, 3.8) is 0 Å². The van der Waals surface area contributed by atoms with Crippen molar-refractivity contribution in [2.24, 2.45) is 5.41 Å². The van der Waals surface area contributed by atoms with E-state index >= 15 is 0 Å². The highest BCUT2D eigenvalue weighted by Gasteiger charge is 2.47. The summed E-state index contributed by atoms with van der Waals surface area (Å²) < 4.78 is 0. The molecule has 0 heterocycles. The molecular formula is C14H18Cl3NO. The smallest absolute Gasteiger partial charge is 0.0781 e. The van der Waals surface area contributed by atoms with E-state index in [0.717, 1.165) is 12.0 Å². The van der Waals surface area contributed by atoms with Gasteiger partial charge in [-0.3, -0.25) is 0 Å². The molecule has 1 saturated carbocycles. The lowest BCUT2D eigenvalue weighted by Gasteiger charge is -2.50. The Labute approximate surface area is 129 Å². The van der Waals surface area contributed by atoms with Crippen LogP contribution in [-0.2, 0) is 0 Å². The van der Waals surface area contributed by atoms with Gasteiger partial charge < -0.3 is 10.4 Å². The molecule has 1 fully saturated rings. The van der Waals surface area contributed by atoms with Gasteiger partial charge in [0, 0.05) is 17.5 Å². The highest BCUT2D eigenvalue weighted by molar-refractivity contribution is 6.48. The molecule has 0 bridgehead atoms. The summed E-state index contributed by atoms with van der Waals surface area (Å²) >= 11 is 18.2. The molecule has 0 amide bonds. The molecular weight excluding hydrogens is 305 g/mol. The van der Waals surface area contributed by atoms with Crippen LogP contribution in [0.1, 0.15) is 38.8 Å². The van der Waals surface area contributed by atoms with E-state index in [1.807, 2.05) is 13.0 Å². The number of halogens is 3. The van der Waals surface area contributed by atoms with Crippen molar-refractivity contribution < 1.29 is 5.11 Å². The topological polar surface area (TPSA) is 32.3 Å². The molecule has 1 aromatic carbocycles. The van der Waals surface area contributed by atoms with Gasteiger partial charge in [-0.1, -0.05) is 54.7 Å². The van der Waals surface area contributed by atoms with Crippen LogP contribution in [-0.4, -0.2) is 17.3 Å². The van der Waals surface area contributed by atoms with Crippen molar-refractivity contribution in [2.45, 2.75) is 45.4 Å². The largest absolute Gasteiger partial charge is 0.392 e. The highest BCUT2D eigenvalue weighted by atomic mass is 35.5. The number of hydrogen-bond acceptors (Lipinski definition) is 2. The standard InChI is InChI=1S/C14H18Cl3NO/c1-7(18-10-6-11(19)14(10,2)3)8-4-5-9(15)13(17)12(8)16/h4-5,7,10-11,18-19H,6H2,1-3H3. The number of hydrogen-bond donors (Lipinski definition) is 2. The second-order valence-corrected chi connectivity index (χ2v) is 6.94. The van der Waals surface area contributed by atoms with Gasteiger partial charge in [-0.15, -0.1) is 0 Å². The van der Waals surface area contributed by atoms with Crippen molar-refractivity contribution in [3.05, 3.63) is 32.8 Å². The summed E-state index contributed by atoms with van der Waals surface area (Å²) in [4.78, 5) is 0. The minimum absolute atomic E-state index is 0.0547. The maximum atomic E-state index is 9.76. The third kappa shape index (κ3) is 2.74. The average Bonchev–Trinajstić information content (AvgIpc) is 2.35. The van der Waals surface area contributed by atoms with Crippen LogP contribution in [0, 0.1) is 5.41 Å². The Morgan fingerprint density at radius 3 is 2.42 bits per heavy atom. The third-order valence-electron chi connectivity index (χ3n) is 4.20. The molecule has 0 spiro atoms. The summed E-state index contributed by atoms with van der Waals surface area (Å²) in [5.41, 5.74) is 0.810. The maximum Gasteiger partial charge on any atom is 0.0781 e. The van der Waals surface area contributed by atoms with Gasteiger partial charge in [0.25, 0.3) is 0 Å². The van der Waals surface area contributed by atoms with Gasteiger partial charge in [0.2, 0.25) is 0 Å². The normalized spacial score (nSPS) is 26.9. The first-order valence-corrected chi connectivity index (χ1v) is 7.46. The van der Waals surface area contributed by atoms with Gasteiger partial charge in [-0.2, -0.15) is 0 Å². The van der Waals surface area contributed by atoms with Crippen molar-refractivity contribution in [2.75, 3.05) is 0 Å². The van der Waals surface area contributed by atoms with Crippen molar-refractivity contribution in [1.29, 1.82) is 0 Å². The summed E-state index contributed by atoms with van der Waals surface area (Å²) in [6.07, 6.45) is 0.512. The molecule has 0 aliphatic heterocycles. The van der Waals surface area contributed by atoms with Gasteiger partial charge in [-0.05, 0) is 25.0 Å². The van der Waals surface area contributed by atoms with Crippen LogP contribution in [0.5, 0.6) is 0 Å². The minimum atomic E-state index is -0.249. The van der Waals surface area contributed by atoms with Gasteiger partial charge in [-0.25, -0.2) is 0 Å². The molecule has 3 unspecified atom stereocenters. The van der Waals surface area contributed by atoms with Crippen molar-refractivity contribution >= 4 is 34.8 Å². The average molecular weight is 323 g/mol. The molecule has 2 nitrogen and oxygen atoms in total. The van der Waals surface area contributed by atoms with Gasteiger partial charge in [0.05, 0.1) is 21.2 Å². The maximum absolute atomic E-state index is 9.76. The van der Waals surface area contributed by atoms with Crippen molar-refractivity contribution in [3.8, 4) is 0 Å². The summed E-state index contributed by atoms with van der Waals surface area (Å²) in [7, 11) is 0. The lowest BCUT2D eigenvalue weighted by molar-refractivity contribution is -0.0754. The first kappa shape index (κ1) is 15.4. The molecule has 19 heavy (non-hydrogen) atoms. The van der Waals surface area contributed by atoms with Crippen LogP contribution in [0.4, 0.5) is 0 Å². The fourth-order valence-corrected chi connectivity index (χ4v) is 3.16. The summed E-state index contributed by atoms with van der Waals surface area (Å²) in [6, 6.07) is 3.96. The molecule has 2 rings (SSSR count). The fraction of sp³-hybridized carbons (Fsp3) is 0.571. The Morgan fingerprint density at radius 2 is 1.89 bits per heavy atom. The number of rotatable bonds is 3. The molecule has 0 radical (unpaired) electrons. The highest BCUT2D eigenvalue weighted by Crippen LogP contribution is 2.42. The minimum Gasteiger partial charge on any atom is -0.392 e. The van der Waals surface area contributed by atoms with E-state index in [2.05, 4.69) is 19.2 Å². The van der Waals surface area contributed by atoms with E-state index < -0.39 is 0 Å². The molecule has 0 saturated heterocycles. The number of aliphatic hydroxyl groups is 1. The van der Waals surface area contributed by atoms with Gasteiger partial charge in [0.15, 0.2) is 0 Å². The zero-order chi connectivity index (χ0) is 14.4. The van der Waals surface area contributed by atoms with Crippen molar-refractivity contribution in [1.82, 2.24) is 5.32 Å². The lowest BCUT2D eigenvalue weighted by Crippen LogP contribution is -2.60. The molecule has 0 aromatic heterocycles. The van der Waals surface area contributed by atoms with E-state index in [4.69, 9.17) is 34.8 Å². The Morgan fingerprint density at radius 1 is 1.26 bits per heavy atom. The summed E-state index contributed by atoms with van der Waals surface area (Å²) in [6.45, 7) is 6.15. The van der Waals surface area contributed by atoms with Crippen LogP contribution in [0.2, 0.25) is 15.1 Å². The zero-order valence-electron chi connectivity index (χ0n) is 11.2. The number of nitrogens with one attached hydrogen (secondary N) is 1. The van der Waals surface area contributed by atoms with E-state index in [0.29, 0.717) is 15.1 Å². The monoisotopic (exact) mass is 321 g/mol. The Bertz CT molecular complexity index is 490. The second-order valence-electron chi connectivity index (χ2n) is 5.78. The van der Waals surface area contributed by atoms with Crippen LogP contribution in [0.3, 0.4) is 0 Å². The lowest BCUT2D eigenvalue weighted by atomic mass is 9.64. The second kappa shape index (κ2) is 5.42. The van der Waals surface area contributed by atoms with E-state index in [1.165, 1.54) is 0 Å². The molecule has 1 aliphatic carbocycles. The quantitative estimate of drug-likeness (QED) is 0.805. The van der Waals surface area contributed by atoms with Crippen LogP contribution < -0.4 is 5.32 Å². The Hall–Kier alpha value is 0.01000. The summed E-state index contributed by atoms with van der Waals surface area (Å²) in [5.74, 6) is 0. The summed E-state index contributed by atoms with van der Waals surface area (Å²) in [5, 5.41) is 14.6. The molecule has 1 aromatic rings. The predicted octanol–water partition coefficient (Wildman–Crippen LogP) is 4.46. The van der Waals surface area contributed by atoms with Crippen LogP contribution in [0.25, 0.3) is 0 Å². The third-order valence-corrected chi connectivity index (χ3v) is 5.51. The van der Waals surface area contributed by atoms with E-state index in [-0.39, 0.29) is 23.6 Å². The first-order valence-electron chi connectivity index (χ1n) is 6.32. The molecule has 1 aliphatic rings. The SMILES string of the molecule is CC(NC1CC(O)C1(C)C)c1ccc(Cl)c(Cl)c1Cl. The fourth-order valence-electron chi connectivity index (χ4n) is 2.45. The van der Waals surface area contributed by atoms with E-state index in [1.54, 1.807) is 6.07 Å². The Kier molecular flexibility index (Phi) is 4.39. The molecule has 5 heteroatoms.